The van der Waals surface area contributed by atoms with Gasteiger partial charge in [0, 0.05) is 34.4 Å². The molecule has 1 aliphatic heterocycles. The molecule has 1 aliphatic rings. The zero-order chi connectivity index (χ0) is 19.0. The number of thioether (sulfide) groups is 1. The van der Waals surface area contributed by atoms with Crippen LogP contribution in [0.1, 0.15) is 34.1 Å². The normalized spacial score (nSPS) is 13.1. The van der Waals surface area contributed by atoms with Crippen LogP contribution in [0.4, 0.5) is 0 Å². The third-order valence-electron chi connectivity index (χ3n) is 4.87. The maximum absolute atomic E-state index is 13.0. The summed E-state index contributed by atoms with van der Waals surface area (Å²) in [5, 5.41) is 1.80. The molecule has 2 heterocycles. The molecule has 0 fully saturated rings. The van der Waals surface area contributed by atoms with Gasteiger partial charge in [0.05, 0.1) is 13.6 Å². The Kier molecular flexibility index (Phi) is 6.44. The summed E-state index contributed by atoms with van der Waals surface area (Å²) in [6.07, 6.45) is 6.67. The minimum Gasteiger partial charge on any atom is -1.00 e. The standard InChI is InChI=1S/C21H22N3O2S.HI/c1-3-27-18-9-8-17-19-15(18)6-4-7-16(19)20(25)24(21(17)26)11-5-10-23-13-12-22(2)14-23;/h4,6-9,12-14H,3,5,10-11H2,1-2H3;1H/q+1;/p-1. The molecule has 5 nitrogen and oxygen atoms in total. The van der Waals surface area contributed by atoms with Crippen molar-refractivity contribution in [2.24, 2.45) is 7.05 Å². The highest BCUT2D eigenvalue weighted by Gasteiger charge is 2.32. The van der Waals surface area contributed by atoms with Crippen LogP contribution in [0.25, 0.3) is 10.8 Å². The van der Waals surface area contributed by atoms with Crippen LogP contribution in [-0.2, 0) is 13.6 Å². The third kappa shape index (κ3) is 3.69. The van der Waals surface area contributed by atoms with Crippen molar-refractivity contribution in [1.82, 2.24) is 9.47 Å². The first-order valence-corrected chi connectivity index (χ1v) is 10.1. The van der Waals surface area contributed by atoms with Crippen molar-refractivity contribution in [2.75, 3.05) is 12.3 Å². The monoisotopic (exact) mass is 507 g/mol. The summed E-state index contributed by atoms with van der Waals surface area (Å²) in [5.41, 5.74) is 1.26. The van der Waals surface area contributed by atoms with Gasteiger partial charge in [-0.25, -0.2) is 9.13 Å². The molecule has 4 rings (SSSR count). The number of imidazole rings is 1. The quantitative estimate of drug-likeness (QED) is 0.208. The number of hydrogen-bond donors (Lipinski definition) is 0. The van der Waals surface area contributed by atoms with Crippen LogP contribution in [0.15, 0.2) is 53.9 Å². The van der Waals surface area contributed by atoms with Gasteiger partial charge < -0.3 is 24.0 Å². The average molecular weight is 507 g/mol. The van der Waals surface area contributed by atoms with Crippen LogP contribution in [0, 0.1) is 0 Å². The van der Waals surface area contributed by atoms with Gasteiger partial charge in [-0.05, 0) is 29.3 Å². The van der Waals surface area contributed by atoms with Crippen molar-refractivity contribution in [2.45, 2.75) is 24.8 Å². The van der Waals surface area contributed by atoms with Crippen molar-refractivity contribution >= 4 is 34.3 Å². The van der Waals surface area contributed by atoms with Crippen LogP contribution >= 0.6 is 11.8 Å². The molecule has 0 spiro atoms. The van der Waals surface area contributed by atoms with Crippen molar-refractivity contribution in [1.29, 1.82) is 0 Å². The minimum atomic E-state index is -0.185. The zero-order valence-electron chi connectivity index (χ0n) is 15.9. The van der Waals surface area contributed by atoms with E-state index in [9.17, 15) is 9.59 Å². The molecule has 0 saturated heterocycles. The molecule has 0 radical (unpaired) electrons. The van der Waals surface area contributed by atoms with Crippen molar-refractivity contribution in [3.63, 3.8) is 0 Å². The van der Waals surface area contributed by atoms with Gasteiger partial charge in [-0.3, -0.25) is 14.5 Å². The number of rotatable bonds is 6. The number of aromatic nitrogens is 2. The Labute approximate surface area is 185 Å². The van der Waals surface area contributed by atoms with E-state index in [0.29, 0.717) is 17.7 Å². The summed E-state index contributed by atoms with van der Waals surface area (Å²) in [6, 6.07) is 9.62. The van der Waals surface area contributed by atoms with E-state index >= 15 is 0 Å². The Morgan fingerprint density at radius 3 is 2.46 bits per heavy atom. The number of aryl methyl sites for hydroxylation is 2. The summed E-state index contributed by atoms with van der Waals surface area (Å²) in [4.78, 5) is 28.5. The van der Waals surface area contributed by atoms with E-state index in [-0.39, 0.29) is 35.8 Å². The molecule has 146 valence electrons. The molecular weight excluding hydrogens is 485 g/mol. The molecular formula is C21H22IN3O2S. The predicted molar refractivity (Wildman–Crippen MR) is 106 cm³/mol. The molecule has 1 aromatic heterocycles. The highest BCUT2D eigenvalue weighted by molar-refractivity contribution is 7.99. The fourth-order valence-corrected chi connectivity index (χ4v) is 4.45. The van der Waals surface area contributed by atoms with E-state index in [1.54, 1.807) is 11.8 Å². The van der Waals surface area contributed by atoms with Crippen LogP contribution < -0.4 is 28.5 Å². The maximum atomic E-state index is 13.0. The van der Waals surface area contributed by atoms with Crippen molar-refractivity contribution in [3.05, 3.63) is 60.2 Å². The van der Waals surface area contributed by atoms with Gasteiger partial charge in [0.25, 0.3) is 11.8 Å². The van der Waals surface area contributed by atoms with Crippen LogP contribution in [0.3, 0.4) is 0 Å². The Bertz CT molecular complexity index is 1030. The number of nitrogens with zero attached hydrogens (tertiary/aromatic N) is 3. The fraction of sp³-hybridized carbons (Fsp3) is 0.286. The second-order valence-electron chi connectivity index (χ2n) is 6.70. The first-order chi connectivity index (χ1) is 13.1. The number of amides is 2. The summed E-state index contributed by atoms with van der Waals surface area (Å²) >= 11 is 1.73. The number of carbonyl (C=O) groups excluding carboxylic acids is 2. The number of hydrogen-bond acceptors (Lipinski definition) is 3. The number of carbonyl (C=O) groups is 2. The summed E-state index contributed by atoms with van der Waals surface area (Å²) in [6.45, 7) is 3.28. The first-order valence-electron chi connectivity index (χ1n) is 9.16. The Balaban J connectivity index is 0.00000225. The molecule has 0 aliphatic carbocycles. The zero-order valence-corrected chi connectivity index (χ0v) is 18.9. The molecule has 0 atom stereocenters. The van der Waals surface area contributed by atoms with Gasteiger partial charge >= 0.3 is 0 Å². The van der Waals surface area contributed by atoms with Gasteiger partial charge in [0.15, 0.2) is 0 Å². The fourth-order valence-electron chi connectivity index (χ4n) is 3.65. The second-order valence-corrected chi connectivity index (χ2v) is 8.01. The van der Waals surface area contributed by atoms with Gasteiger partial charge in [-0.2, -0.15) is 0 Å². The lowest BCUT2D eigenvalue weighted by molar-refractivity contribution is -0.671. The molecule has 2 aromatic carbocycles. The summed E-state index contributed by atoms with van der Waals surface area (Å²) in [5.74, 6) is 0.578. The summed E-state index contributed by atoms with van der Waals surface area (Å²) < 4.78 is 4.03. The highest BCUT2D eigenvalue weighted by atomic mass is 127. The van der Waals surface area contributed by atoms with E-state index in [2.05, 4.69) is 11.5 Å². The SMILES string of the molecule is CCSc1ccc2c3c(cccc13)C(=O)N(CCCn1cc[n+](C)c1)C2=O.[I-]. The molecule has 0 N–H and O–H groups in total. The summed E-state index contributed by atoms with van der Waals surface area (Å²) in [7, 11) is 1.97. The largest absolute Gasteiger partial charge is 1.00 e. The lowest BCUT2D eigenvalue weighted by atomic mass is 9.94. The predicted octanol–water partition coefficient (Wildman–Crippen LogP) is 0.268. The molecule has 3 aromatic rings. The lowest BCUT2D eigenvalue weighted by Crippen LogP contribution is -3.00. The van der Waals surface area contributed by atoms with Crippen molar-refractivity contribution < 1.29 is 38.1 Å². The van der Waals surface area contributed by atoms with E-state index in [1.165, 1.54) is 4.90 Å². The second kappa shape index (κ2) is 8.65. The number of imide groups is 1. The van der Waals surface area contributed by atoms with Gasteiger partial charge in [-0.15, -0.1) is 11.8 Å². The van der Waals surface area contributed by atoms with Gasteiger partial charge in [0.1, 0.15) is 12.4 Å². The van der Waals surface area contributed by atoms with Crippen LogP contribution in [0.5, 0.6) is 0 Å². The van der Waals surface area contributed by atoms with Gasteiger partial charge in [0.2, 0.25) is 6.33 Å². The van der Waals surface area contributed by atoms with Crippen LogP contribution in [0.2, 0.25) is 0 Å². The van der Waals surface area contributed by atoms with E-state index in [1.807, 2.05) is 60.7 Å². The molecule has 2 amide bonds. The number of benzene rings is 2. The average Bonchev–Trinajstić information content (AvgIpc) is 3.08. The third-order valence-corrected chi connectivity index (χ3v) is 5.83. The molecule has 28 heavy (non-hydrogen) atoms. The Hall–Kier alpha value is -1.87. The Morgan fingerprint density at radius 1 is 1.04 bits per heavy atom. The Morgan fingerprint density at radius 2 is 1.79 bits per heavy atom. The minimum absolute atomic E-state index is 0. The van der Waals surface area contributed by atoms with Crippen LogP contribution in [-0.4, -0.2) is 33.6 Å². The van der Waals surface area contributed by atoms with E-state index in [0.717, 1.165) is 34.4 Å². The van der Waals surface area contributed by atoms with Gasteiger partial charge in [-0.1, -0.05) is 19.1 Å². The molecule has 0 bridgehead atoms. The highest BCUT2D eigenvalue weighted by Crippen LogP contribution is 2.36. The number of halogens is 1. The smallest absolute Gasteiger partial charge is 0.261 e. The van der Waals surface area contributed by atoms with E-state index < -0.39 is 0 Å². The topological polar surface area (TPSA) is 46.2 Å². The van der Waals surface area contributed by atoms with Crippen molar-refractivity contribution in [3.8, 4) is 0 Å². The molecule has 0 saturated carbocycles. The lowest BCUT2D eigenvalue weighted by Gasteiger charge is -2.27. The molecule has 0 unspecified atom stereocenters. The maximum Gasteiger partial charge on any atom is 0.261 e. The molecule has 7 heteroatoms. The first kappa shape index (κ1) is 20.9. The van der Waals surface area contributed by atoms with E-state index in [4.69, 9.17) is 0 Å².